The quantitative estimate of drug-likeness (QED) is 0.180. The number of halogens is 1. The molecule has 0 unspecified atom stereocenters. The summed E-state index contributed by atoms with van der Waals surface area (Å²) >= 11 is 6.47. The average molecular weight is 612 g/mol. The first-order valence-corrected chi connectivity index (χ1v) is 14.3. The van der Waals surface area contributed by atoms with Gasteiger partial charge in [0.1, 0.15) is 5.69 Å². The molecule has 1 N–H and O–H groups in total. The van der Waals surface area contributed by atoms with Crippen molar-refractivity contribution < 1.29 is 33.4 Å². The zero-order valence-electron chi connectivity index (χ0n) is 24.0. The van der Waals surface area contributed by atoms with Crippen molar-refractivity contribution in [1.29, 1.82) is 0 Å². The molecule has 222 valence electrons. The van der Waals surface area contributed by atoms with Crippen LogP contribution in [0, 0.1) is 0 Å². The van der Waals surface area contributed by atoms with Crippen LogP contribution in [-0.2, 0) is 0 Å². The van der Waals surface area contributed by atoms with Gasteiger partial charge in [0.05, 0.1) is 43.7 Å². The van der Waals surface area contributed by atoms with Crippen LogP contribution in [0.25, 0.3) is 21.7 Å². The Morgan fingerprint density at radius 2 is 1.52 bits per heavy atom. The molecular formula is C33H26ClN3O7. The monoisotopic (exact) mass is 611 g/mol. The minimum atomic E-state index is -0.556. The number of anilines is 1. The zero-order valence-corrected chi connectivity index (χ0v) is 24.7. The molecular weight excluding hydrogens is 586 g/mol. The van der Waals surface area contributed by atoms with Gasteiger partial charge in [0, 0.05) is 35.2 Å². The minimum absolute atomic E-state index is 0.173. The second-order valence-corrected chi connectivity index (χ2v) is 10.8. The van der Waals surface area contributed by atoms with Crippen molar-refractivity contribution in [3.63, 3.8) is 0 Å². The molecule has 0 saturated carbocycles. The molecule has 2 aliphatic heterocycles. The number of imide groups is 1. The molecule has 0 bridgehead atoms. The zero-order chi connectivity index (χ0) is 30.7. The first-order chi connectivity index (χ1) is 21.4. The number of hydrogen-bond donors (Lipinski definition) is 1. The fourth-order valence-electron chi connectivity index (χ4n) is 6.16. The SMILES string of the molecule is COc1cc2cc(C(=O)N3C[C@H](CCl)c4c3cc(ON3C(=O)c5ccccc5C3=O)c3ccccc43)[nH]c2c(OC)c1OC. The summed E-state index contributed by atoms with van der Waals surface area (Å²) in [6, 6.07) is 19.3. The van der Waals surface area contributed by atoms with Crippen molar-refractivity contribution in [1.82, 2.24) is 10.0 Å². The lowest BCUT2D eigenvalue weighted by Gasteiger charge is -2.21. The van der Waals surface area contributed by atoms with Crippen LogP contribution in [0.1, 0.15) is 42.7 Å². The fraction of sp³-hybridized carbons (Fsp3) is 0.182. The van der Waals surface area contributed by atoms with Crippen molar-refractivity contribution >= 4 is 56.7 Å². The molecule has 11 heteroatoms. The van der Waals surface area contributed by atoms with Crippen LogP contribution in [0.5, 0.6) is 23.0 Å². The number of carbonyl (C=O) groups is 3. The summed E-state index contributed by atoms with van der Waals surface area (Å²) in [7, 11) is 4.56. The Morgan fingerprint density at radius 3 is 2.16 bits per heavy atom. The number of hydrogen-bond acceptors (Lipinski definition) is 7. The van der Waals surface area contributed by atoms with Gasteiger partial charge in [-0.2, -0.15) is 0 Å². The number of ether oxygens (including phenoxy) is 3. The van der Waals surface area contributed by atoms with Gasteiger partial charge >= 0.3 is 0 Å². The Labute approximate surface area is 256 Å². The summed E-state index contributed by atoms with van der Waals surface area (Å²) in [5.74, 6) is 0.209. The van der Waals surface area contributed by atoms with E-state index in [-0.39, 0.29) is 34.6 Å². The number of benzene rings is 4. The number of fused-ring (bicyclic) bond motifs is 5. The summed E-state index contributed by atoms with van der Waals surface area (Å²) in [4.78, 5) is 51.3. The molecule has 4 aromatic carbocycles. The number of alkyl halides is 1. The van der Waals surface area contributed by atoms with Gasteiger partial charge in [0.2, 0.25) is 5.75 Å². The molecule has 5 aromatic rings. The Balaban J connectivity index is 1.33. The van der Waals surface area contributed by atoms with E-state index >= 15 is 0 Å². The highest BCUT2D eigenvalue weighted by atomic mass is 35.5. The highest BCUT2D eigenvalue weighted by Gasteiger charge is 2.40. The molecule has 0 fully saturated rings. The van der Waals surface area contributed by atoms with Gasteiger partial charge < -0.3 is 28.9 Å². The fourth-order valence-corrected chi connectivity index (χ4v) is 6.41. The van der Waals surface area contributed by atoms with Crippen LogP contribution in [-0.4, -0.2) is 61.5 Å². The predicted octanol–water partition coefficient (Wildman–Crippen LogP) is 5.92. The van der Waals surface area contributed by atoms with E-state index in [2.05, 4.69) is 4.98 Å². The van der Waals surface area contributed by atoms with Crippen molar-refractivity contribution in [3.8, 4) is 23.0 Å². The van der Waals surface area contributed by atoms with Crippen LogP contribution in [0.15, 0.2) is 66.7 Å². The molecule has 2 aliphatic rings. The molecule has 0 radical (unpaired) electrons. The van der Waals surface area contributed by atoms with Crippen LogP contribution in [0.3, 0.4) is 0 Å². The van der Waals surface area contributed by atoms with Crippen molar-refractivity contribution in [3.05, 3.63) is 89.1 Å². The number of carbonyl (C=O) groups excluding carboxylic acids is 3. The number of methoxy groups -OCH3 is 3. The van der Waals surface area contributed by atoms with Gasteiger partial charge in [0.15, 0.2) is 17.2 Å². The summed E-state index contributed by atoms with van der Waals surface area (Å²) in [5, 5.41) is 2.96. The highest BCUT2D eigenvalue weighted by molar-refractivity contribution is 6.21. The third kappa shape index (κ3) is 3.98. The lowest BCUT2D eigenvalue weighted by atomic mass is 9.95. The van der Waals surface area contributed by atoms with Gasteiger partial charge in [-0.1, -0.05) is 41.5 Å². The standard InChI is InChI=1S/C33H26ClN3O7/c1-41-26-13-17-12-23(35-28(17)30(43-3)29(26)42-2)33(40)36-16-18(15-34)27-20-9-5-4-8-19(20)25(14-24(27)36)44-37-31(38)21-10-6-7-11-22(21)32(37)39/h4-14,18,35H,15-16H2,1-3H3/t18-/m0/s1. The summed E-state index contributed by atoms with van der Waals surface area (Å²) < 4.78 is 16.6. The highest BCUT2D eigenvalue weighted by Crippen LogP contribution is 2.47. The Bertz CT molecular complexity index is 1990. The molecule has 0 saturated heterocycles. The van der Waals surface area contributed by atoms with E-state index in [9.17, 15) is 14.4 Å². The largest absolute Gasteiger partial charge is 0.493 e. The van der Waals surface area contributed by atoms with E-state index < -0.39 is 11.8 Å². The maximum atomic E-state index is 14.2. The maximum absolute atomic E-state index is 14.2. The van der Waals surface area contributed by atoms with E-state index in [1.165, 1.54) is 21.3 Å². The summed E-state index contributed by atoms with van der Waals surface area (Å²) in [6.07, 6.45) is 0. The van der Waals surface area contributed by atoms with Crippen molar-refractivity contribution in [2.24, 2.45) is 0 Å². The third-order valence-electron chi connectivity index (χ3n) is 8.16. The predicted molar refractivity (Wildman–Crippen MR) is 165 cm³/mol. The number of nitrogens with one attached hydrogen (secondary N) is 1. The van der Waals surface area contributed by atoms with E-state index in [1.807, 2.05) is 24.3 Å². The van der Waals surface area contributed by atoms with Gasteiger partial charge in [-0.3, -0.25) is 14.4 Å². The molecule has 10 nitrogen and oxygen atoms in total. The molecule has 7 rings (SSSR count). The van der Waals surface area contributed by atoms with Crippen LogP contribution in [0.4, 0.5) is 5.69 Å². The van der Waals surface area contributed by atoms with E-state index in [4.69, 9.17) is 30.6 Å². The van der Waals surface area contributed by atoms with E-state index in [0.717, 1.165) is 16.0 Å². The molecule has 1 atom stereocenters. The molecule has 3 heterocycles. The first-order valence-electron chi connectivity index (χ1n) is 13.8. The minimum Gasteiger partial charge on any atom is -0.493 e. The second-order valence-electron chi connectivity index (χ2n) is 10.5. The molecule has 0 aliphatic carbocycles. The molecule has 0 spiro atoms. The number of amides is 3. The smallest absolute Gasteiger partial charge is 0.295 e. The third-order valence-corrected chi connectivity index (χ3v) is 8.53. The maximum Gasteiger partial charge on any atom is 0.295 e. The van der Waals surface area contributed by atoms with Gasteiger partial charge in [-0.15, -0.1) is 11.6 Å². The summed E-state index contributed by atoms with van der Waals surface area (Å²) in [5.41, 5.74) is 2.89. The lowest BCUT2D eigenvalue weighted by Crippen LogP contribution is -2.33. The van der Waals surface area contributed by atoms with Crippen LogP contribution >= 0.6 is 11.6 Å². The molecule has 44 heavy (non-hydrogen) atoms. The van der Waals surface area contributed by atoms with Crippen molar-refractivity contribution in [2.45, 2.75) is 5.92 Å². The van der Waals surface area contributed by atoms with Gasteiger partial charge in [0.25, 0.3) is 17.7 Å². The van der Waals surface area contributed by atoms with Gasteiger partial charge in [-0.05, 0) is 35.2 Å². The number of aromatic nitrogens is 1. The number of hydroxylamine groups is 2. The molecule has 3 amide bonds. The van der Waals surface area contributed by atoms with E-state index in [0.29, 0.717) is 51.5 Å². The Kier molecular flexibility index (Phi) is 6.58. The van der Waals surface area contributed by atoms with Gasteiger partial charge in [-0.25, -0.2) is 0 Å². The van der Waals surface area contributed by atoms with Crippen molar-refractivity contribution in [2.75, 3.05) is 38.7 Å². The number of rotatable bonds is 7. The van der Waals surface area contributed by atoms with Crippen LogP contribution in [0.2, 0.25) is 0 Å². The van der Waals surface area contributed by atoms with E-state index in [1.54, 1.807) is 47.4 Å². The number of H-pyrrole nitrogens is 1. The molecule has 1 aromatic heterocycles. The number of aromatic amines is 1. The summed E-state index contributed by atoms with van der Waals surface area (Å²) in [6.45, 7) is 0.317. The Hall–Kier alpha value is -5.22. The topological polar surface area (TPSA) is 110 Å². The van der Waals surface area contributed by atoms with Crippen LogP contribution < -0.4 is 23.9 Å². The number of nitrogens with zero attached hydrogens (tertiary/aromatic N) is 2. The lowest BCUT2D eigenvalue weighted by molar-refractivity contribution is -0.0132. The Morgan fingerprint density at radius 1 is 0.864 bits per heavy atom. The normalized spacial score (nSPS) is 15.6. The second kappa shape index (κ2) is 10.5. The average Bonchev–Trinajstić information content (AvgIpc) is 3.72. The first kappa shape index (κ1) is 27.6.